The summed E-state index contributed by atoms with van der Waals surface area (Å²) < 4.78 is 38.9. The average molecular weight is 1160 g/mol. The van der Waals surface area contributed by atoms with Gasteiger partial charge in [-0.1, -0.05) is 224 Å². The number of hydrogen-bond acceptors (Lipinski definition) is 3. The third-order valence-electron chi connectivity index (χ3n) is 13.7. The number of phenols is 1. The Balaban J connectivity index is 0.00000803. The molecule has 9 rings (SSSR count). The normalized spacial score (nSPS) is 13.5. The van der Waals surface area contributed by atoms with E-state index >= 15 is 0 Å². The minimum atomic E-state index is -1.60. The Hall–Kier alpha value is -6.35. The van der Waals surface area contributed by atoms with Crippen LogP contribution in [0.15, 0.2) is 158 Å². The molecule has 9 aromatic rings. The maximum atomic E-state index is 12.9. The fourth-order valence-corrected chi connectivity index (χ4v) is 9.59. The number of benzene rings is 7. The van der Waals surface area contributed by atoms with Crippen molar-refractivity contribution < 1.29 is 31.7 Å². The Kier molecular flexibility index (Phi) is 13.2. The number of pyridine rings is 1. The zero-order valence-corrected chi connectivity index (χ0v) is 48.2. The van der Waals surface area contributed by atoms with E-state index in [1.165, 1.54) is 11.8 Å². The Morgan fingerprint density at radius 1 is 0.541 bits per heavy atom. The molecule has 0 spiro atoms. The standard InChI is InChI=1S/C69H74N3O.Pt/c1-65(2,3)43-44-29-31-45(32-30-44)48-33-34-70-59(38-48)50-35-49(36-51(37-50)66(4,5)6)54-27-22-28-60-61(54)71-64(57-41-53(68(10,11)12)42-58(63(57)73)69(13,14)15)72(60)62-55(46-23-18-16-19-24-46)39-52(67(7,8)9)40-56(62)47-25-20-17-21-26-47;/h16-34,36-42,73H,43H2,1-15H3;/q-1;/i33D,38D,43D2;. The quantitative estimate of drug-likeness (QED) is 0.154. The van der Waals surface area contributed by atoms with E-state index in [0.29, 0.717) is 44.9 Å². The van der Waals surface area contributed by atoms with E-state index in [-0.39, 0.29) is 55.1 Å². The molecule has 0 atom stereocenters. The molecule has 0 amide bonds. The zero-order chi connectivity index (χ0) is 55.9. The SMILES string of the molecule is [2H]c1cnc(-c2[c-]c(-c3cccc4c3nc(-c3cc(C(C)(C)C)cc(C(C)(C)C)c3O)n4-c3c(-c4ccccc4)cc(C(C)(C)C)cc3-c3ccccc3)cc(C(C)(C)C)c2)c([2H])c1-c1ccc(C([2H])([2H])C(C)(C)C)cc1.[Pt]. The molecule has 5 heteroatoms. The minimum Gasteiger partial charge on any atom is -0.507 e. The van der Waals surface area contributed by atoms with Gasteiger partial charge in [0.25, 0.3) is 0 Å². The fraction of sp³-hybridized carbons (Fsp3) is 0.304. The van der Waals surface area contributed by atoms with Gasteiger partial charge >= 0.3 is 0 Å². The van der Waals surface area contributed by atoms with Crippen molar-refractivity contribution in [2.75, 3.05) is 0 Å². The molecule has 0 aliphatic rings. The van der Waals surface area contributed by atoms with E-state index in [4.69, 9.17) is 14.1 Å². The summed E-state index contributed by atoms with van der Waals surface area (Å²) in [6, 6.07) is 51.7. The summed E-state index contributed by atoms with van der Waals surface area (Å²) in [5.41, 5.74) is 13.7. The van der Waals surface area contributed by atoms with Crippen molar-refractivity contribution in [1.82, 2.24) is 14.5 Å². The molecular formula is C69H74N3OPt-. The first kappa shape index (κ1) is 48.6. The second kappa shape index (κ2) is 20.1. The molecule has 0 aliphatic heterocycles. The molecule has 0 radical (unpaired) electrons. The van der Waals surface area contributed by atoms with Gasteiger partial charge in [-0.2, -0.15) is 0 Å². The number of hydrogen-bond donors (Lipinski definition) is 1. The summed E-state index contributed by atoms with van der Waals surface area (Å²) in [4.78, 5) is 10.6. The third kappa shape index (κ3) is 11.2. The van der Waals surface area contributed by atoms with Crippen molar-refractivity contribution in [1.29, 1.82) is 0 Å². The van der Waals surface area contributed by atoms with Crippen LogP contribution in [0, 0.1) is 11.5 Å². The molecule has 74 heavy (non-hydrogen) atoms. The van der Waals surface area contributed by atoms with Crippen LogP contribution in [0.3, 0.4) is 0 Å². The van der Waals surface area contributed by atoms with Crippen LogP contribution in [0.2, 0.25) is 0 Å². The zero-order valence-electron chi connectivity index (χ0n) is 50.0. The van der Waals surface area contributed by atoms with Gasteiger partial charge < -0.3 is 5.11 Å². The van der Waals surface area contributed by atoms with E-state index < -0.39 is 17.2 Å². The summed E-state index contributed by atoms with van der Waals surface area (Å²) in [7, 11) is 0. The molecule has 382 valence electrons. The third-order valence-corrected chi connectivity index (χ3v) is 13.7. The molecular weight excluding hydrogens is 1080 g/mol. The molecule has 1 N–H and O–H groups in total. The average Bonchev–Trinajstić information content (AvgIpc) is 3.99. The second-order valence-corrected chi connectivity index (χ2v) is 24.9. The van der Waals surface area contributed by atoms with Crippen molar-refractivity contribution in [2.45, 2.75) is 132 Å². The van der Waals surface area contributed by atoms with Crippen LogP contribution in [0.25, 0.3) is 83.9 Å². The molecule has 0 saturated carbocycles. The van der Waals surface area contributed by atoms with Crippen molar-refractivity contribution in [3.63, 3.8) is 0 Å². The van der Waals surface area contributed by atoms with Crippen LogP contribution in [-0.4, -0.2) is 19.6 Å². The van der Waals surface area contributed by atoms with Crippen LogP contribution in [0.4, 0.5) is 0 Å². The van der Waals surface area contributed by atoms with Gasteiger partial charge in [-0.3, -0.25) is 9.55 Å². The minimum absolute atomic E-state index is 0. The van der Waals surface area contributed by atoms with Crippen molar-refractivity contribution in [3.05, 3.63) is 192 Å². The fourth-order valence-electron chi connectivity index (χ4n) is 9.59. The molecule has 0 saturated heterocycles. The van der Waals surface area contributed by atoms with Crippen molar-refractivity contribution in [2.24, 2.45) is 5.41 Å². The van der Waals surface area contributed by atoms with E-state index in [2.05, 4.69) is 197 Å². The van der Waals surface area contributed by atoms with Gasteiger partial charge in [-0.15, -0.1) is 29.3 Å². The number of imidazole rings is 1. The second-order valence-electron chi connectivity index (χ2n) is 24.9. The number of aromatic hydroxyl groups is 1. The first-order valence-corrected chi connectivity index (χ1v) is 25.7. The Labute approximate surface area is 462 Å². The molecule has 2 heterocycles. The Morgan fingerprint density at radius 3 is 1.61 bits per heavy atom. The topological polar surface area (TPSA) is 50.9 Å². The molecule has 2 aromatic heterocycles. The van der Waals surface area contributed by atoms with Gasteiger partial charge in [-0.25, -0.2) is 4.98 Å². The summed E-state index contributed by atoms with van der Waals surface area (Å²) in [5, 5.41) is 12.9. The first-order valence-electron chi connectivity index (χ1n) is 27.7. The molecule has 0 bridgehead atoms. The van der Waals surface area contributed by atoms with Crippen molar-refractivity contribution in [3.8, 4) is 78.6 Å². The van der Waals surface area contributed by atoms with E-state index in [0.717, 1.165) is 61.3 Å². The number of aromatic nitrogens is 3. The number of rotatable bonds is 8. The molecule has 0 aliphatic carbocycles. The number of phenolic OH excluding ortho intramolecular Hbond substituents is 1. The molecule has 0 unspecified atom stereocenters. The van der Waals surface area contributed by atoms with Gasteiger partial charge in [-0.05, 0) is 103 Å². The van der Waals surface area contributed by atoms with Gasteiger partial charge in [0.1, 0.15) is 11.6 Å². The predicted octanol–water partition coefficient (Wildman–Crippen LogP) is 18.7. The Bertz CT molecular complexity index is 3640. The molecule has 7 aromatic carbocycles. The van der Waals surface area contributed by atoms with Gasteiger partial charge in [0, 0.05) is 52.4 Å². The first-order chi connectivity index (χ1) is 35.9. The van der Waals surface area contributed by atoms with Crippen LogP contribution in [0.1, 0.15) is 137 Å². The maximum Gasteiger partial charge on any atom is 0.148 e. The van der Waals surface area contributed by atoms with Gasteiger partial charge in [0.05, 0.1) is 25.0 Å². The Morgan fingerprint density at radius 2 is 1.07 bits per heavy atom. The number of fused-ring (bicyclic) bond motifs is 1. The van der Waals surface area contributed by atoms with Crippen molar-refractivity contribution >= 4 is 11.0 Å². The maximum absolute atomic E-state index is 12.9. The summed E-state index contributed by atoms with van der Waals surface area (Å²) >= 11 is 0. The summed E-state index contributed by atoms with van der Waals surface area (Å²) in [6.07, 6.45) is -0.0984. The largest absolute Gasteiger partial charge is 0.507 e. The predicted molar refractivity (Wildman–Crippen MR) is 310 cm³/mol. The molecule has 0 fully saturated rings. The van der Waals surface area contributed by atoms with E-state index in [1.54, 1.807) is 12.1 Å². The van der Waals surface area contributed by atoms with Crippen LogP contribution in [0.5, 0.6) is 5.75 Å². The van der Waals surface area contributed by atoms with Crippen LogP contribution < -0.4 is 0 Å². The van der Waals surface area contributed by atoms with Crippen LogP contribution in [-0.2, 0) is 49.1 Å². The van der Waals surface area contributed by atoms with Crippen LogP contribution >= 0.6 is 0 Å². The monoisotopic (exact) mass is 1160 g/mol. The smallest absolute Gasteiger partial charge is 0.148 e. The summed E-state index contributed by atoms with van der Waals surface area (Å²) in [6.45, 7) is 32.0. The summed E-state index contributed by atoms with van der Waals surface area (Å²) in [5.74, 6) is 0.783. The molecule has 4 nitrogen and oxygen atoms in total. The van der Waals surface area contributed by atoms with Gasteiger partial charge in [0.15, 0.2) is 0 Å². The van der Waals surface area contributed by atoms with Gasteiger partial charge in [0.2, 0.25) is 0 Å². The van der Waals surface area contributed by atoms with E-state index in [1.807, 2.05) is 45.0 Å². The van der Waals surface area contributed by atoms with E-state index in [9.17, 15) is 6.48 Å². The number of nitrogens with zero attached hydrogens (tertiary/aromatic N) is 3. The number of para-hydroxylation sites is 1.